The third kappa shape index (κ3) is 1.93. The molecule has 0 aliphatic carbocycles. The van der Waals surface area contributed by atoms with Crippen molar-refractivity contribution in [1.29, 1.82) is 0 Å². The van der Waals surface area contributed by atoms with Crippen LogP contribution in [0.15, 0.2) is 0 Å². The van der Waals surface area contributed by atoms with Crippen LogP contribution in [-0.4, -0.2) is 51.9 Å². The van der Waals surface area contributed by atoms with Gasteiger partial charge in [0.1, 0.15) is 0 Å². The molecule has 0 radical (unpaired) electrons. The van der Waals surface area contributed by atoms with E-state index in [2.05, 4.69) is 21.8 Å². The number of nitrogens with zero attached hydrogens (tertiary/aromatic N) is 5. The van der Waals surface area contributed by atoms with Crippen LogP contribution < -0.4 is 4.90 Å². The Kier molecular flexibility index (Phi) is 2.96. The summed E-state index contributed by atoms with van der Waals surface area (Å²) < 4.78 is 3.14. The number of rotatable bonds is 2. The van der Waals surface area contributed by atoms with Gasteiger partial charge in [0.25, 0.3) is 0 Å². The SMILES string of the molecule is Cc1nn(C)c2nc(N3CC[C@H](N4CCCC4)C3)sc12. The van der Waals surface area contributed by atoms with Crippen LogP contribution in [0.25, 0.3) is 10.3 Å². The topological polar surface area (TPSA) is 37.2 Å². The third-order valence-corrected chi connectivity index (χ3v) is 5.84. The molecule has 0 saturated carbocycles. The quantitative estimate of drug-likeness (QED) is 0.848. The summed E-state index contributed by atoms with van der Waals surface area (Å²) in [6.07, 6.45) is 4.04. The Morgan fingerprint density at radius 3 is 2.75 bits per heavy atom. The molecule has 2 aliphatic heterocycles. The van der Waals surface area contributed by atoms with Crippen molar-refractivity contribution in [2.24, 2.45) is 7.05 Å². The van der Waals surface area contributed by atoms with E-state index in [1.54, 1.807) is 11.3 Å². The molecular formula is C14H21N5S. The van der Waals surface area contributed by atoms with Crippen LogP contribution in [0.2, 0.25) is 0 Å². The van der Waals surface area contributed by atoms with Crippen LogP contribution in [0, 0.1) is 6.92 Å². The molecule has 4 heterocycles. The Morgan fingerprint density at radius 2 is 2.00 bits per heavy atom. The van der Waals surface area contributed by atoms with Crippen molar-refractivity contribution in [2.75, 3.05) is 31.1 Å². The zero-order valence-corrected chi connectivity index (χ0v) is 13.0. The molecule has 0 unspecified atom stereocenters. The molecule has 108 valence electrons. The van der Waals surface area contributed by atoms with Crippen molar-refractivity contribution in [3.8, 4) is 0 Å². The van der Waals surface area contributed by atoms with E-state index >= 15 is 0 Å². The van der Waals surface area contributed by atoms with Gasteiger partial charge in [0.15, 0.2) is 10.8 Å². The Morgan fingerprint density at radius 1 is 1.20 bits per heavy atom. The van der Waals surface area contributed by atoms with E-state index < -0.39 is 0 Å². The van der Waals surface area contributed by atoms with Gasteiger partial charge in [-0.3, -0.25) is 4.90 Å². The highest BCUT2D eigenvalue weighted by Crippen LogP contribution is 2.33. The molecule has 2 aliphatic rings. The number of aromatic nitrogens is 3. The average Bonchev–Trinajstić information content (AvgIpc) is 3.17. The highest BCUT2D eigenvalue weighted by molar-refractivity contribution is 7.22. The second-order valence-electron chi connectivity index (χ2n) is 5.99. The standard InChI is InChI=1S/C14H21N5S/c1-10-12-13(17(2)16-10)15-14(20-12)19-8-5-11(9-19)18-6-3-4-7-18/h11H,3-9H2,1-2H3/t11-/m0/s1. The lowest BCUT2D eigenvalue weighted by Gasteiger charge is -2.23. The highest BCUT2D eigenvalue weighted by Gasteiger charge is 2.31. The van der Waals surface area contributed by atoms with Crippen LogP contribution in [0.1, 0.15) is 25.0 Å². The minimum absolute atomic E-state index is 0.740. The maximum atomic E-state index is 4.80. The molecule has 6 heteroatoms. The molecule has 2 aromatic rings. The summed E-state index contributed by atoms with van der Waals surface area (Å²) in [5.74, 6) is 0. The Labute approximate surface area is 123 Å². The van der Waals surface area contributed by atoms with Crippen molar-refractivity contribution in [3.63, 3.8) is 0 Å². The van der Waals surface area contributed by atoms with Crippen LogP contribution in [0.4, 0.5) is 5.13 Å². The summed E-state index contributed by atoms with van der Waals surface area (Å²) >= 11 is 1.80. The van der Waals surface area contributed by atoms with Gasteiger partial charge < -0.3 is 4.90 Å². The average molecular weight is 291 g/mol. The maximum Gasteiger partial charge on any atom is 0.188 e. The minimum atomic E-state index is 0.740. The smallest absolute Gasteiger partial charge is 0.188 e. The fraction of sp³-hybridized carbons (Fsp3) is 0.714. The van der Waals surface area contributed by atoms with Crippen molar-refractivity contribution in [1.82, 2.24) is 19.7 Å². The molecule has 1 atom stereocenters. The first-order chi connectivity index (χ1) is 9.72. The van der Waals surface area contributed by atoms with E-state index in [1.165, 1.54) is 42.2 Å². The summed E-state index contributed by atoms with van der Waals surface area (Å²) in [4.78, 5) is 9.93. The van der Waals surface area contributed by atoms with E-state index in [1.807, 2.05) is 11.7 Å². The van der Waals surface area contributed by atoms with Gasteiger partial charge in [-0.2, -0.15) is 5.10 Å². The summed E-state index contributed by atoms with van der Waals surface area (Å²) in [6.45, 7) is 6.95. The zero-order valence-electron chi connectivity index (χ0n) is 12.2. The number of hydrogen-bond acceptors (Lipinski definition) is 5. The van der Waals surface area contributed by atoms with Gasteiger partial charge in [0.05, 0.1) is 10.4 Å². The molecule has 0 amide bonds. The van der Waals surface area contributed by atoms with Gasteiger partial charge in [-0.25, -0.2) is 9.67 Å². The molecule has 0 aromatic carbocycles. The van der Waals surface area contributed by atoms with Gasteiger partial charge >= 0.3 is 0 Å². The van der Waals surface area contributed by atoms with Gasteiger partial charge in [0, 0.05) is 26.2 Å². The molecule has 4 rings (SSSR count). The molecule has 2 aromatic heterocycles. The number of fused-ring (bicyclic) bond motifs is 1. The second-order valence-corrected chi connectivity index (χ2v) is 6.97. The maximum absolute atomic E-state index is 4.80. The van der Waals surface area contributed by atoms with E-state index in [0.717, 1.165) is 30.5 Å². The van der Waals surface area contributed by atoms with E-state index in [4.69, 9.17) is 4.98 Å². The summed E-state index contributed by atoms with van der Waals surface area (Å²) in [6, 6.07) is 0.740. The van der Waals surface area contributed by atoms with Crippen LogP contribution in [0.5, 0.6) is 0 Å². The molecule has 0 bridgehead atoms. The third-order valence-electron chi connectivity index (χ3n) is 4.62. The monoisotopic (exact) mass is 291 g/mol. The first-order valence-corrected chi connectivity index (χ1v) is 8.33. The highest BCUT2D eigenvalue weighted by atomic mass is 32.1. The van der Waals surface area contributed by atoms with Crippen molar-refractivity contribution in [3.05, 3.63) is 5.69 Å². The Bertz CT molecular complexity index is 590. The number of thiazole rings is 1. The fourth-order valence-corrected chi connectivity index (χ4v) is 4.60. The first-order valence-electron chi connectivity index (χ1n) is 7.51. The van der Waals surface area contributed by atoms with Gasteiger partial charge in [-0.15, -0.1) is 0 Å². The predicted molar refractivity (Wildman–Crippen MR) is 82.5 cm³/mol. The first kappa shape index (κ1) is 12.6. The summed E-state index contributed by atoms with van der Waals surface area (Å²) in [5.41, 5.74) is 2.13. The molecule has 2 fully saturated rings. The lowest BCUT2D eigenvalue weighted by molar-refractivity contribution is 0.260. The number of anilines is 1. The number of aryl methyl sites for hydroxylation is 2. The summed E-state index contributed by atoms with van der Waals surface area (Å²) in [7, 11) is 1.98. The van der Waals surface area contributed by atoms with Crippen LogP contribution in [0.3, 0.4) is 0 Å². The molecular weight excluding hydrogens is 270 g/mol. The van der Waals surface area contributed by atoms with E-state index in [9.17, 15) is 0 Å². The largest absolute Gasteiger partial charge is 0.346 e. The second kappa shape index (κ2) is 4.70. The van der Waals surface area contributed by atoms with E-state index in [0.29, 0.717) is 0 Å². The lowest BCUT2D eigenvalue weighted by atomic mass is 10.2. The van der Waals surface area contributed by atoms with Gasteiger partial charge in [0.2, 0.25) is 0 Å². The molecule has 2 saturated heterocycles. The fourth-order valence-electron chi connectivity index (χ4n) is 3.53. The number of likely N-dealkylation sites (tertiary alicyclic amines) is 1. The normalized spacial score (nSPS) is 24.3. The molecule has 0 N–H and O–H groups in total. The zero-order chi connectivity index (χ0) is 13.7. The Balaban J connectivity index is 1.56. The number of hydrogen-bond donors (Lipinski definition) is 0. The van der Waals surface area contributed by atoms with Crippen molar-refractivity contribution in [2.45, 2.75) is 32.2 Å². The summed E-state index contributed by atoms with van der Waals surface area (Å²) in [5, 5.41) is 5.61. The van der Waals surface area contributed by atoms with Crippen LogP contribution >= 0.6 is 11.3 Å². The predicted octanol–water partition coefficient (Wildman–Crippen LogP) is 2.01. The van der Waals surface area contributed by atoms with Gasteiger partial charge in [-0.1, -0.05) is 11.3 Å². The molecule has 0 spiro atoms. The molecule has 20 heavy (non-hydrogen) atoms. The van der Waals surface area contributed by atoms with Gasteiger partial charge in [-0.05, 0) is 39.3 Å². The van der Waals surface area contributed by atoms with E-state index in [-0.39, 0.29) is 0 Å². The van der Waals surface area contributed by atoms with Crippen LogP contribution in [-0.2, 0) is 7.05 Å². The van der Waals surface area contributed by atoms with Crippen molar-refractivity contribution >= 4 is 26.8 Å². The van der Waals surface area contributed by atoms with Crippen molar-refractivity contribution < 1.29 is 0 Å². The Hall–Kier alpha value is -1.14. The molecule has 5 nitrogen and oxygen atoms in total. The minimum Gasteiger partial charge on any atom is -0.346 e. The lowest BCUT2D eigenvalue weighted by Crippen LogP contribution is -2.35.